The number of hydrogen-bond acceptors (Lipinski definition) is 6. The molecule has 0 aliphatic carbocycles. The summed E-state index contributed by atoms with van der Waals surface area (Å²) < 4.78 is 32.9. The maximum Gasteiger partial charge on any atom is 0.271 e. The summed E-state index contributed by atoms with van der Waals surface area (Å²) in [6.07, 6.45) is 0.889. The molecule has 9 nitrogen and oxygen atoms in total. The molecule has 3 rings (SSSR count). The first-order valence-corrected chi connectivity index (χ1v) is 11.1. The van der Waals surface area contributed by atoms with Crippen molar-refractivity contribution in [1.82, 2.24) is 0 Å². The second-order valence-electron chi connectivity index (χ2n) is 6.78. The summed E-state index contributed by atoms with van der Waals surface area (Å²) in [5.41, 5.74) is 1.69. The van der Waals surface area contributed by atoms with Crippen LogP contribution in [0.4, 0.5) is 17.1 Å². The summed E-state index contributed by atoms with van der Waals surface area (Å²) in [7, 11) is -2.76. The number of nitrogens with zero attached hydrogens (tertiary/aromatic N) is 1. The molecule has 2 N–H and O–H groups in total. The molecule has 10 heteroatoms. The van der Waals surface area contributed by atoms with E-state index in [4.69, 9.17) is 4.74 Å². The number of benzene rings is 3. The molecule has 0 radical (unpaired) electrons. The molecule has 0 atom stereocenters. The fourth-order valence-corrected chi connectivity index (χ4v) is 3.97. The van der Waals surface area contributed by atoms with Crippen LogP contribution in [-0.2, 0) is 16.4 Å². The number of amides is 1. The summed E-state index contributed by atoms with van der Waals surface area (Å²) in [5, 5.41) is 13.8. The molecule has 0 aromatic heterocycles. The third-order valence-corrected chi connectivity index (χ3v) is 6.07. The number of methoxy groups -OCH3 is 1. The third kappa shape index (κ3) is 5.22. The van der Waals surface area contributed by atoms with Crippen LogP contribution in [0, 0.1) is 10.1 Å². The quantitative estimate of drug-likeness (QED) is 0.387. The monoisotopic (exact) mass is 455 g/mol. The smallest absolute Gasteiger partial charge is 0.271 e. The average Bonchev–Trinajstić information content (AvgIpc) is 2.79. The van der Waals surface area contributed by atoms with Crippen LogP contribution < -0.4 is 14.8 Å². The number of anilines is 2. The summed E-state index contributed by atoms with van der Waals surface area (Å²) in [4.78, 5) is 22.7. The Labute approximate surface area is 185 Å². The van der Waals surface area contributed by atoms with E-state index in [9.17, 15) is 23.3 Å². The summed E-state index contributed by atoms with van der Waals surface area (Å²) in [5.74, 6) is -0.254. The lowest BCUT2D eigenvalue weighted by atomic mass is 10.1. The second kappa shape index (κ2) is 9.48. The van der Waals surface area contributed by atoms with Gasteiger partial charge in [-0.25, -0.2) is 8.42 Å². The van der Waals surface area contributed by atoms with Crippen LogP contribution in [0.5, 0.6) is 5.75 Å². The number of aryl methyl sites for hydroxylation is 1. The Kier molecular flexibility index (Phi) is 6.74. The Morgan fingerprint density at radius 3 is 2.25 bits per heavy atom. The van der Waals surface area contributed by atoms with Gasteiger partial charge in [0.05, 0.1) is 22.6 Å². The maximum atomic E-state index is 12.7. The second-order valence-corrected chi connectivity index (χ2v) is 8.46. The standard InChI is InChI=1S/C22H21N3O6S/c1-3-15-4-8-17(9-5-15)23-22(26)16-6-11-19(12-7-16)32(29,30)24-20-14-18(25(27)28)10-13-21(20)31-2/h4-14,24H,3H2,1-2H3,(H,23,26). The minimum Gasteiger partial charge on any atom is -0.495 e. The Morgan fingerprint density at radius 1 is 1.03 bits per heavy atom. The van der Waals surface area contributed by atoms with E-state index in [1.54, 1.807) is 12.1 Å². The average molecular weight is 455 g/mol. The van der Waals surface area contributed by atoms with Gasteiger partial charge in [0.1, 0.15) is 5.75 Å². The Hall–Kier alpha value is -3.92. The van der Waals surface area contributed by atoms with Gasteiger partial charge in [0.2, 0.25) is 0 Å². The van der Waals surface area contributed by atoms with Crippen molar-refractivity contribution < 1.29 is 22.9 Å². The van der Waals surface area contributed by atoms with Gasteiger partial charge in [-0.2, -0.15) is 0 Å². The highest BCUT2D eigenvalue weighted by atomic mass is 32.2. The molecule has 0 aliphatic rings. The summed E-state index contributed by atoms with van der Waals surface area (Å²) in [6, 6.07) is 16.3. The number of carbonyl (C=O) groups is 1. The molecule has 0 spiro atoms. The van der Waals surface area contributed by atoms with E-state index in [2.05, 4.69) is 10.0 Å². The number of carbonyl (C=O) groups excluding carboxylic acids is 1. The first kappa shape index (κ1) is 22.8. The third-order valence-electron chi connectivity index (χ3n) is 4.69. The predicted octanol–water partition coefficient (Wildman–Crippen LogP) is 4.22. The highest BCUT2D eigenvalue weighted by Gasteiger charge is 2.20. The van der Waals surface area contributed by atoms with Gasteiger partial charge in [0, 0.05) is 23.4 Å². The zero-order valence-electron chi connectivity index (χ0n) is 17.4. The van der Waals surface area contributed by atoms with Crippen molar-refractivity contribution in [3.63, 3.8) is 0 Å². The summed E-state index contributed by atoms with van der Waals surface area (Å²) in [6.45, 7) is 2.03. The first-order valence-electron chi connectivity index (χ1n) is 9.59. The van der Waals surface area contributed by atoms with Crippen LogP contribution in [0.25, 0.3) is 0 Å². The minimum absolute atomic E-state index is 0.0703. The molecule has 0 heterocycles. The molecule has 0 saturated heterocycles. The lowest BCUT2D eigenvalue weighted by Gasteiger charge is -2.12. The number of hydrogen-bond donors (Lipinski definition) is 2. The highest BCUT2D eigenvalue weighted by Crippen LogP contribution is 2.31. The van der Waals surface area contributed by atoms with Gasteiger partial charge in [-0.05, 0) is 54.4 Å². The van der Waals surface area contributed by atoms with Crippen LogP contribution >= 0.6 is 0 Å². The van der Waals surface area contributed by atoms with Crippen LogP contribution in [-0.4, -0.2) is 26.4 Å². The van der Waals surface area contributed by atoms with E-state index in [1.807, 2.05) is 19.1 Å². The van der Waals surface area contributed by atoms with E-state index in [0.717, 1.165) is 18.1 Å². The Balaban J connectivity index is 1.78. The fourth-order valence-electron chi connectivity index (χ4n) is 2.91. The Morgan fingerprint density at radius 2 is 1.69 bits per heavy atom. The molecular formula is C22H21N3O6S. The van der Waals surface area contributed by atoms with E-state index >= 15 is 0 Å². The molecule has 0 bridgehead atoms. The van der Waals surface area contributed by atoms with E-state index in [0.29, 0.717) is 5.69 Å². The lowest BCUT2D eigenvalue weighted by Crippen LogP contribution is -2.15. The van der Waals surface area contributed by atoms with Gasteiger partial charge in [-0.3, -0.25) is 19.6 Å². The Bertz CT molecular complexity index is 1240. The molecule has 0 fully saturated rings. The van der Waals surface area contributed by atoms with Gasteiger partial charge in [-0.1, -0.05) is 19.1 Å². The van der Waals surface area contributed by atoms with Crippen molar-refractivity contribution in [2.75, 3.05) is 17.1 Å². The number of sulfonamides is 1. The molecule has 166 valence electrons. The SMILES string of the molecule is CCc1ccc(NC(=O)c2ccc(S(=O)(=O)Nc3cc([N+](=O)[O-])ccc3OC)cc2)cc1. The molecule has 32 heavy (non-hydrogen) atoms. The van der Waals surface area contributed by atoms with E-state index < -0.39 is 14.9 Å². The van der Waals surface area contributed by atoms with Gasteiger partial charge < -0.3 is 10.1 Å². The molecular weight excluding hydrogens is 434 g/mol. The number of nitrogens with one attached hydrogen (secondary N) is 2. The van der Waals surface area contributed by atoms with Crippen molar-refractivity contribution in [2.45, 2.75) is 18.2 Å². The largest absolute Gasteiger partial charge is 0.495 e. The van der Waals surface area contributed by atoms with Crippen molar-refractivity contribution in [1.29, 1.82) is 0 Å². The van der Waals surface area contributed by atoms with Crippen LogP contribution in [0.3, 0.4) is 0 Å². The lowest BCUT2D eigenvalue weighted by molar-refractivity contribution is -0.384. The summed E-state index contributed by atoms with van der Waals surface area (Å²) >= 11 is 0. The zero-order valence-corrected chi connectivity index (χ0v) is 18.2. The molecule has 3 aromatic carbocycles. The van der Waals surface area contributed by atoms with E-state index in [1.165, 1.54) is 43.5 Å². The van der Waals surface area contributed by atoms with Crippen molar-refractivity contribution in [2.24, 2.45) is 0 Å². The van der Waals surface area contributed by atoms with Crippen molar-refractivity contribution in [3.05, 3.63) is 88.0 Å². The van der Waals surface area contributed by atoms with Crippen LogP contribution in [0.2, 0.25) is 0 Å². The molecule has 0 unspecified atom stereocenters. The number of nitro benzene ring substituents is 1. The van der Waals surface area contributed by atoms with Gasteiger partial charge in [-0.15, -0.1) is 0 Å². The first-order chi connectivity index (χ1) is 15.2. The van der Waals surface area contributed by atoms with Crippen molar-refractivity contribution >= 4 is 33.0 Å². The molecule has 0 saturated carbocycles. The maximum absolute atomic E-state index is 12.7. The van der Waals surface area contributed by atoms with Crippen LogP contribution in [0.15, 0.2) is 71.6 Å². The molecule has 0 aliphatic heterocycles. The topological polar surface area (TPSA) is 128 Å². The van der Waals surface area contributed by atoms with Gasteiger partial charge in [0.15, 0.2) is 0 Å². The highest BCUT2D eigenvalue weighted by molar-refractivity contribution is 7.92. The number of nitro groups is 1. The zero-order chi connectivity index (χ0) is 23.3. The minimum atomic E-state index is -4.08. The van der Waals surface area contributed by atoms with Gasteiger partial charge in [0.25, 0.3) is 21.6 Å². The fraction of sp³-hybridized carbons (Fsp3) is 0.136. The molecule has 1 amide bonds. The van der Waals surface area contributed by atoms with Gasteiger partial charge >= 0.3 is 0 Å². The normalized spacial score (nSPS) is 10.9. The van der Waals surface area contributed by atoms with Crippen molar-refractivity contribution in [3.8, 4) is 5.75 Å². The number of non-ortho nitro benzene ring substituents is 1. The predicted molar refractivity (Wildman–Crippen MR) is 121 cm³/mol. The van der Waals surface area contributed by atoms with Crippen LogP contribution in [0.1, 0.15) is 22.8 Å². The molecule has 3 aromatic rings. The number of rotatable bonds is 8. The number of ether oxygens (including phenoxy) is 1. The van der Waals surface area contributed by atoms with E-state index in [-0.39, 0.29) is 33.5 Å².